The molecule has 0 aliphatic heterocycles. The Hall–Kier alpha value is -1.19. The van der Waals surface area contributed by atoms with Gasteiger partial charge in [-0.15, -0.1) is 0 Å². The molecule has 1 atom stereocenters. The summed E-state index contributed by atoms with van der Waals surface area (Å²) in [5.74, 6) is -0.917. The Morgan fingerprint density at radius 2 is 2.25 bits per heavy atom. The quantitative estimate of drug-likeness (QED) is 0.831. The molecule has 2 N–H and O–H groups in total. The molecule has 0 radical (unpaired) electrons. The number of halogens is 2. The lowest BCUT2D eigenvalue weighted by Gasteiger charge is -2.27. The molecule has 1 aromatic rings. The number of allylic oxidation sites excluding steroid dienone is 1. The van der Waals surface area contributed by atoms with E-state index >= 15 is 0 Å². The van der Waals surface area contributed by atoms with Gasteiger partial charge in [-0.2, -0.15) is 0 Å². The lowest BCUT2D eigenvalue weighted by molar-refractivity contribution is -0.133. The van der Waals surface area contributed by atoms with Gasteiger partial charge in [0.15, 0.2) is 0 Å². The second-order valence-corrected chi connectivity index (χ2v) is 5.78. The minimum atomic E-state index is -0.917. The van der Waals surface area contributed by atoms with Gasteiger partial charge in [0.05, 0.1) is 0 Å². The summed E-state index contributed by atoms with van der Waals surface area (Å²) in [4.78, 5) is 11.1. The molecule has 1 aliphatic rings. The SMILES string of the molecule is CCC=C(NC1CCc2cc(Cl)cc(Cl)c2C1)C(=O)O. The zero-order chi connectivity index (χ0) is 14.7. The van der Waals surface area contributed by atoms with E-state index in [1.165, 1.54) is 0 Å². The summed E-state index contributed by atoms with van der Waals surface area (Å²) in [5, 5.41) is 13.6. The second kappa shape index (κ2) is 6.51. The van der Waals surface area contributed by atoms with E-state index in [2.05, 4.69) is 5.32 Å². The smallest absolute Gasteiger partial charge is 0.351 e. The van der Waals surface area contributed by atoms with Gasteiger partial charge in [0, 0.05) is 16.1 Å². The third-order valence-electron chi connectivity index (χ3n) is 3.46. The van der Waals surface area contributed by atoms with Crippen LogP contribution in [0.3, 0.4) is 0 Å². The van der Waals surface area contributed by atoms with E-state index in [1.54, 1.807) is 12.1 Å². The number of hydrogen-bond acceptors (Lipinski definition) is 2. The van der Waals surface area contributed by atoms with Gasteiger partial charge in [0.25, 0.3) is 0 Å². The monoisotopic (exact) mass is 313 g/mol. The molecule has 0 spiro atoms. The predicted octanol–water partition coefficient (Wildman–Crippen LogP) is 3.82. The van der Waals surface area contributed by atoms with Crippen LogP contribution in [-0.4, -0.2) is 17.1 Å². The molecule has 3 nitrogen and oxygen atoms in total. The Morgan fingerprint density at radius 3 is 2.90 bits per heavy atom. The average Bonchev–Trinajstić information content (AvgIpc) is 2.38. The molecule has 1 unspecified atom stereocenters. The average molecular weight is 314 g/mol. The molecule has 1 aliphatic carbocycles. The van der Waals surface area contributed by atoms with E-state index in [0.717, 1.165) is 30.4 Å². The summed E-state index contributed by atoms with van der Waals surface area (Å²) in [7, 11) is 0. The highest BCUT2D eigenvalue weighted by atomic mass is 35.5. The lowest BCUT2D eigenvalue weighted by atomic mass is 9.88. The normalized spacial score (nSPS) is 18.6. The van der Waals surface area contributed by atoms with Crippen molar-refractivity contribution in [3.05, 3.63) is 45.1 Å². The first kappa shape index (κ1) is 15.2. The Morgan fingerprint density at radius 1 is 1.50 bits per heavy atom. The topological polar surface area (TPSA) is 49.3 Å². The van der Waals surface area contributed by atoms with Crippen LogP contribution in [0, 0.1) is 0 Å². The molecule has 0 bridgehead atoms. The van der Waals surface area contributed by atoms with Crippen LogP contribution in [0.5, 0.6) is 0 Å². The van der Waals surface area contributed by atoms with Gasteiger partial charge in [0.2, 0.25) is 0 Å². The zero-order valence-corrected chi connectivity index (χ0v) is 12.8. The van der Waals surface area contributed by atoms with Crippen LogP contribution in [0.4, 0.5) is 0 Å². The van der Waals surface area contributed by atoms with Gasteiger partial charge in [-0.3, -0.25) is 0 Å². The molecule has 20 heavy (non-hydrogen) atoms. The van der Waals surface area contributed by atoms with E-state index in [-0.39, 0.29) is 11.7 Å². The largest absolute Gasteiger partial charge is 0.477 e. The first-order valence-corrected chi connectivity index (χ1v) is 7.43. The molecule has 0 amide bonds. The summed E-state index contributed by atoms with van der Waals surface area (Å²) >= 11 is 12.2. The van der Waals surface area contributed by atoms with Crippen molar-refractivity contribution in [1.29, 1.82) is 0 Å². The maximum absolute atomic E-state index is 11.1. The number of nitrogens with one attached hydrogen (secondary N) is 1. The zero-order valence-electron chi connectivity index (χ0n) is 11.2. The Labute approximate surface area is 128 Å². The van der Waals surface area contributed by atoms with Gasteiger partial charge in [-0.1, -0.05) is 36.2 Å². The number of carbonyl (C=O) groups is 1. The molecule has 108 valence electrons. The van der Waals surface area contributed by atoms with E-state index in [0.29, 0.717) is 16.5 Å². The van der Waals surface area contributed by atoms with Crippen molar-refractivity contribution in [1.82, 2.24) is 5.32 Å². The fraction of sp³-hybridized carbons (Fsp3) is 0.400. The van der Waals surface area contributed by atoms with E-state index in [9.17, 15) is 4.79 Å². The lowest BCUT2D eigenvalue weighted by Crippen LogP contribution is -2.36. The molecule has 2 rings (SSSR count). The van der Waals surface area contributed by atoms with Crippen molar-refractivity contribution in [3.63, 3.8) is 0 Å². The van der Waals surface area contributed by atoms with E-state index < -0.39 is 5.97 Å². The third kappa shape index (κ3) is 3.47. The number of carboxylic acid groups (broad SMARTS) is 1. The molecule has 0 saturated carbocycles. The Balaban J connectivity index is 2.15. The van der Waals surface area contributed by atoms with Crippen LogP contribution in [-0.2, 0) is 17.6 Å². The van der Waals surface area contributed by atoms with Crippen molar-refractivity contribution in [2.45, 2.75) is 38.6 Å². The maximum Gasteiger partial charge on any atom is 0.351 e. The van der Waals surface area contributed by atoms with Gasteiger partial charge < -0.3 is 10.4 Å². The molecule has 0 fully saturated rings. The number of rotatable bonds is 4. The van der Waals surface area contributed by atoms with Crippen LogP contribution >= 0.6 is 23.2 Å². The summed E-state index contributed by atoms with van der Waals surface area (Å²) in [6, 6.07) is 3.78. The summed E-state index contributed by atoms with van der Waals surface area (Å²) in [6.45, 7) is 1.92. The number of hydrogen-bond donors (Lipinski definition) is 2. The minimum Gasteiger partial charge on any atom is -0.477 e. The van der Waals surface area contributed by atoms with Crippen molar-refractivity contribution in [2.75, 3.05) is 0 Å². The van der Waals surface area contributed by atoms with Crippen molar-refractivity contribution in [2.24, 2.45) is 0 Å². The molecule has 0 heterocycles. The number of aryl methyl sites for hydroxylation is 1. The Kier molecular flexibility index (Phi) is 4.95. The number of aliphatic carboxylic acids is 1. The molecular formula is C15H17Cl2NO2. The highest BCUT2D eigenvalue weighted by molar-refractivity contribution is 6.35. The number of carboxylic acids is 1. The Bertz CT molecular complexity index is 555. The molecule has 1 aromatic carbocycles. The number of fused-ring (bicyclic) bond motifs is 1. The standard InChI is InChI=1S/C15H17Cl2NO2/c1-2-3-14(15(19)20)18-11-5-4-9-6-10(16)7-13(17)12(9)8-11/h3,6-7,11,18H,2,4-5,8H2,1H3,(H,19,20). The first-order chi connectivity index (χ1) is 9.51. The number of benzene rings is 1. The van der Waals surface area contributed by atoms with Crippen LogP contribution in [0.25, 0.3) is 0 Å². The van der Waals surface area contributed by atoms with Crippen LogP contribution in [0.1, 0.15) is 30.9 Å². The summed E-state index contributed by atoms with van der Waals surface area (Å²) in [5.41, 5.74) is 2.50. The highest BCUT2D eigenvalue weighted by Gasteiger charge is 2.23. The molecule has 0 saturated heterocycles. The van der Waals surface area contributed by atoms with Gasteiger partial charge in [0.1, 0.15) is 5.70 Å². The fourth-order valence-corrected chi connectivity index (χ4v) is 3.15. The van der Waals surface area contributed by atoms with Crippen LogP contribution in [0.2, 0.25) is 10.0 Å². The maximum atomic E-state index is 11.1. The molecular weight excluding hydrogens is 297 g/mol. The van der Waals surface area contributed by atoms with Crippen LogP contribution < -0.4 is 5.32 Å². The van der Waals surface area contributed by atoms with Crippen molar-refractivity contribution < 1.29 is 9.90 Å². The second-order valence-electron chi connectivity index (χ2n) is 4.94. The van der Waals surface area contributed by atoms with Crippen molar-refractivity contribution in [3.8, 4) is 0 Å². The van der Waals surface area contributed by atoms with Gasteiger partial charge >= 0.3 is 5.97 Å². The van der Waals surface area contributed by atoms with Gasteiger partial charge in [-0.25, -0.2) is 4.79 Å². The molecule has 5 heteroatoms. The summed E-state index contributed by atoms with van der Waals surface area (Å²) < 4.78 is 0. The van der Waals surface area contributed by atoms with E-state index in [4.69, 9.17) is 28.3 Å². The summed E-state index contributed by atoms with van der Waals surface area (Å²) in [6.07, 6.45) is 4.83. The van der Waals surface area contributed by atoms with Crippen LogP contribution in [0.15, 0.2) is 23.9 Å². The fourth-order valence-electron chi connectivity index (χ4n) is 2.54. The van der Waals surface area contributed by atoms with Crippen molar-refractivity contribution >= 4 is 29.2 Å². The highest BCUT2D eigenvalue weighted by Crippen LogP contribution is 2.31. The first-order valence-electron chi connectivity index (χ1n) is 6.68. The third-order valence-corrected chi connectivity index (χ3v) is 4.02. The van der Waals surface area contributed by atoms with E-state index in [1.807, 2.05) is 13.0 Å². The minimum absolute atomic E-state index is 0.0927. The molecule has 0 aromatic heterocycles. The predicted molar refractivity (Wildman–Crippen MR) is 81.4 cm³/mol. The van der Waals surface area contributed by atoms with Gasteiger partial charge in [-0.05, 0) is 48.9 Å².